The fraction of sp³-hybridized carbons (Fsp3) is 0.0769. The van der Waals surface area contributed by atoms with E-state index in [4.69, 9.17) is 9.78 Å². The van der Waals surface area contributed by atoms with Gasteiger partial charge in [0.05, 0.1) is 0 Å². The Balaban J connectivity index is 1.86. The van der Waals surface area contributed by atoms with E-state index in [9.17, 15) is 0 Å². The van der Waals surface area contributed by atoms with Crippen molar-refractivity contribution in [1.82, 2.24) is 15.1 Å². The van der Waals surface area contributed by atoms with Crippen LogP contribution in [-0.2, 0) is 6.42 Å². The number of rotatable bonds is 3. The molecule has 0 saturated heterocycles. The summed E-state index contributed by atoms with van der Waals surface area (Å²) in [6.45, 7) is 0. The molecular formula is C13H8N4OS. The van der Waals surface area contributed by atoms with E-state index in [0.717, 1.165) is 0 Å². The number of hydrogen-bond donors (Lipinski definition) is 0. The Labute approximate surface area is 113 Å². The smallest absolute Gasteiger partial charge is 0.258 e. The molecule has 0 unspecified atom stereocenters. The molecule has 19 heavy (non-hydrogen) atoms. The highest BCUT2D eigenvalue weighted by Crippen LogP contribution is 2.19. The highest BCUT2D eigenvalue weighted by Gasteiger charge is 2.10. The molecule has 0 amide bonds. The molecule has 6 heteroatoms. The first-order valence-corrected chi connectivity index (χ1v) is 6.44. The van der Waals surface area contributed by atoms with Crippen LogP contribution in [0.15, 0.2) is 40.4 Å². The standard InChI is InChI=1S/C13H8N4OS/c14-8-10-6-9(3-4-15-10)13-16-12(17-18-13)7-11-2-1-5-19-11/h1-6H,7H2. The van der Waals surface area contributed by atoms with Gasteiger partial charge in [-0.15, -0.1) is 11.3 Å². The number of aromatic nitrogens is 3. The van der Waals surface area contributed by atoms with Crippen molar-refractivity contribution < 1.29 is 4.52 Å². The summed E-state index contributed by atoms with van der Waals surface area (Å²) in [5.41, 5.74) is 1.03. The zero-order valence-electron chi connectivity index (χ0n) is 9.78. The van der Waals surface area contributed by atoms with Crippen molar-refractivity contribution in [3.8, 4) is 17.5 Å². The van der Waals surface area contributed by atoms with Crippen LogP contribution >= 0.6 is 11.3 Å². The average Bonchev–Trinajstić information content (AvgIpc) is 3.11. The van der Waals surface area contributed by atoms with Gasteiger partial charge in [0.15, 0.2) is 5.82 Å². The van der Waals surface area contributed by atoms with Crippen molar-refractivity contribution in [1.29, 1.82) is 5.26 Å². The SMILES string of the molecule is N#Cc1cc(-c2nc(Cc3cccs3)no2)ccn1. The van der Waals surface area contributed by atoms with Crippen molar-refractivity contribution in [2.45, 2.75) is 6.42 Å². The van der Waals surface area contributed by atoms with E-state index in [-0.39, 0.29) is 0 Å². The second-order valence-corrected chi connectivity index (χ2v) is 4.85. The van der Waals surface area contributed by atoms with Crippen LogP contribution in [0.3, 0.4) is 0 Å². The van der Waals surface area contributed by atoms with Gasteiger partial charge in [-0.25, -0.2) is 4.98 Å². The summed E-state index contributed by atoms with van der Waals surface area (Å²) < 4.78 is 5.21. The molecule has 0 fully saturated rings. The van der Waals surface area contributed by atoms with E-state index in [1.165, 1.54) is 4.88 Å². The van der Waals surface area contributed by atoms with Gasteiger partial charge < -0.3 is 4.52 Å². The van der Waals surface area contributed by atoms with Gasteiger partial charge in [-0.2, -0.15) is 10.2 Å². The quantitative estimate of drug-likeness (QED) is 0.730. The second-order valence-electron chi connectivity index (χ2n) is 3.81. The molecule has 0 aliphatic heterocycles. The minimum Gasteiger partial charge on any atom is -0.334 e. The maximum atomic E-state index is 8.81. The van der Waals surface area contributed by atoms with Crippen molar-refractivity contribution >= 4 is 11.3 Å². The number of nitrogens with zero attached hydrogens (tertiary/aromatic N) is 4. The highest BCUT2D eigenvalue weighted by molar-refractivity contribution is 7.09. The average molecular weight is 268 g/mol. The molecular weight excluding hydrogens is 260 g/mol. The van der Waals surface area contributed by atoms with Crippen molar-refractivity contribution in [3.05, 3.63) is 52.2 Å². The minimum absolute atomic E-state index is 0.329. The summed E-state index contributed by atoms with van der Waals surface area (Å²) >= 11 is 1.65. The van der Waals surface area contributed by atoms with E-state index < -0.39 is 0 Å². The lowest BCUT2D eigenvalue weighted by Gasteiger charge is -1.93. The Morgan fingerprint density at radius 1 is 1.37 bits per heavy atom. The highest BCUT2D eigenvalue weighted by atomic mass is 32.1. The third-order valence-corrected chi connectivity index (χ3v) is 3.38. The Morgan fingerprint density at radius 2 is 2.32 bits per heavy atom. The van der Waals surface area contributed by atoms with Gasteiger partial charge in [0.2, 0.25) is 0 Å². The van der Waals surface area contributed by atoms with Gasteiger partial charge in [-0.05, 0) is 23.6 Å². The van der Waals surface area contributed by atoms with Crippen LogP contribution < -0.4 is 0 Å². The first kappa shape index (κ1) is 11.6. The van der Waals surface area contributed by atoms with Crippen LogP contribution in [0.2, 0.25) is 0 Å². The van der Waals surface area contributed by atoms with Crippen molar-refractivity contribution in [3.63, 3.8) is 0 Å². The van der Waals surface area contributed by atoms with Gasteiger partial charge in [-0.3, -0.25) is 0 Å². The summed E-state index contributed by atoms with van der Waals surface area (Å²) in [5, 5.41) is 14.8. The van der Waals surface area contributed by atoms with E-state index >= 15 is 0 Å². The predicted molar refractivity (Wildman–Crippen MR) is 69.4 cm³/mol. The molecule has 0 radical (unpaired) electrons. The Kier molecular flexibility index (Phi) is 3.04. The van der Waals surface area contributed by atoms with Crippen LogP contribution in [0.5, 0.6) is 0 Å². The lowest BCUT2D eigenvalue weighted by molar-refractivity contribution is 0.424. The Bertz CT molecular complexity index is 727. The molecule has 0 saturated carbocycles. The van der Waals surface area contributed by atoms with Gasteiger partial charge in [-0.1, -0.05) is 11.2 Å². The summed E-state index contributed by atoms with van der Waals surface area (Å²) in [5.74, 6) is 1.04. The normalized spacial score (nSPS) is 10.3. The Morgan fingerprint density at radius 3 is 3.11 bits per heavy atom. The third-order valence-electron chi connectivity index (χ3n) is 2.50. The summed E-state index contributed by atoms with van der Waals surface area (Å²) in [4.78, 5) is 9.40. The molecule has 3 aromatic rings. The maximum absolute atomic E-state index is 8.81. The van der Waals surface area contributed by atoms with Crippen LogP contribution in [0, 0.1) is 11.3 Å². The van der Waals surface area contributed by atoms with E-state index in [1.807, 2.05) is 23.6 Å². The summed E-state index contributed by atoms with van der Waals surface area (Å²) in [6.07, 6.45) is 2.20. The maximum Gasteiger partial charge on any atom is 0.258 e. The first-order valence-electron chi connectivity index (χ1n) is 5.56. The molecule has 92 valence electrons. The zero-order chi connectivity index (χ0) is 13.1. The number of hydrogen-bond acceptors (Lipinski definition) is 6. The third kappa shape index (κ3) is 2.51. The molecule has 0 aliphatic rings. The van der Waals surface area contributed by atoms with Crippen LogP contribution in [0.4, 0.5) is 0 Å². The van der Waals surface area contributed by atoms with E-state index in [2.05, 4.69) is 15.1 Å². The molecule has 0 bridgehead atoms. The monoisotopic (exact) mass is 268 g/mol. The van der Waals surface area contributed by atoms with Gasteiger partial charge >= 0.3 is 0 Å². The van der Waals surface area contributed by atoms with E-state index in [1.54, 1.807) is 29.7 Å². The molecule has 5 nitrogen and oxygen atoms in total. The van der Waals surface area contributed by atoms with E-state index in [0.29, 0.717) is 29.4 Å². The van der Waals surface area contributed by atoms with Crippen LogP contribution in [-0.4, -0.2) is 15.1 Å². The van der Waals surface area contributed by atoms with Gasteiger partial charge in [0.25, 0.3) is 5.89 Å². The number of thiophene rings is 1. The molecule has 3 aromatic heterocycles. The molecule has 0 aliphatic carbocycles. The van der Waals surface area contributed by atoms with Gasteiger partial charge in [0.1, 0.15) is 11.8 Å². The lowest BCUT2D eigenvalue weighted by Crippen LogP contribution is -1.88. The van der Waals surface area contributed by atoms with Gasteiger partial charge in [0, 0.05) is 23.1 Å². The second kappa shape index (κ2) is 5.00. The molecule has 0 aromatic carbocycles. The number of nitriles is 1. The molecule has 3 heterocycles. The van der Waals surface area contributed by atoms with Crippen molar-refractivity contribution in [2.24, 2.45) is 0 Å². The zero-order valence-corrected chi connectivity index (χ0v) is 10.6. The minimum atomic E-state index is 0.329. The molecule has 3 rings (SSSR count). The predicted octanol–water partition coefficient (Wildman–Crippen LogP) is 2.66. The van der Waals surface area contributed by atoms with Crippen molar-refractivity contribution in [2.75, 3.05) is 0 Å². The van der Waals surface area contributed by atoms with Crippen LogP contribution in [0.1, 0.15) is 16.4 Å². The summed E-state index contributed by atoms with van der Waals surface area (Å²) in [7, 11) is 0. The molecule has 0 N–H and O–H groups in total. The lowest BCUT2D eigenvalue weighted by atomic mass is 10.2. The fourth-order valence-electron chi connectivity index (χ4n) is 1.64. The Hall–Kier alpha value is -2.52. The molecule has 0 atom stereocenters. The fourth-order valence-corrected chi connectivity index (χ4v) is 2.34. The summed E-state index contributed by atoms with van der Waals surface area (Å²) in [6, 6.07) is 9.37. The number of pyridine rings is 1. The first-order chi connectivity index (χ1) is 9.35. The largest absolute Gasteiger partial charge is 0.334 e. The molecule has 0 spiro atoms. The van der Waals surface area contributed by atoms with Crippen LogP contribution in [0.25, 0.3) is 11.5 Å². The topological polar surface area (TPSA) is 75.6 Å².